The van der Waals surface area contributed by atoms with Gasteiger partial charge in [0.15, 0.2) is 0 Å². The van der Waals surface area contributed by atoms with E-state index in [1.54, 1.807) is 0 Å². The van der Waals surface area contributed by atoms with E-state index < -0.39 is 0 Å². The molecule has 0 radical (unpaired) electrons. The molecule has 0 amide bonds. The Morgan fingerprint density at radius 1 is 0.966 bits per heavy atom. The topological polar surface area (TPSA) is 28.4 Å². The van der Waals surface area contributed by atoms with Gasteiger partial charge in [-0.15, -0.1) is 24.8 Å². The van der Waals surface area contributed by atoms with E-state index >= 15 is 0 Å². The van der Waals surface area contributed by atoms with Gasteiger partial charge in [0.2, 0.25) is 0 Å². The molecule has 0 bridgehead atoms. The summed E-state index contributed by atoms with van der Waals surface area (Å²) in [6, 6.07) is 9.85. The van der Waals surface area contributed by atoms with Gasteiger partial charge in [0.25, 0.3) is 0 Å². The van der Waals surface area contributed by atoms with Crippen LogP contribution in [0.25, 0.3) is 11.3 Å². The number of hydrogen-bond donors (Lipinski definition) is 1. The number of benzene rings is 1. The summed E-state index contributed by atoms with van der Waals surface area (Å²) in [5.41, 5.74) is 0.925. The molecule has 0 aliphatic carbocycles. The van der Waals surface area contributed by atoms with Gasteiger partial charge in [0.1, 0.15) is 11.5 Å². The summed E-state index contributed by atoms with van der Waals surface area (Å²) in [5, 5.41) is 4.19. The molecule has 2 rings (SSSR count). The standard InChI is InChI=1S/C22H32BrClN2O.2ClH/c1-3-5-13-26(14-6-4-2)15-7-12-25-17-19-9-11-22(27-19)20-10-8-18(23)16-21(20)24;;/h8-11,16,25H,3-7,12-15,17H2,1-2H3;2*1H. The Kier molecular flexibility index (Phi) is 16.3. The fourth-order valence-electron chi connectivity index (χ4n) is 3.05. The lowest BCUT2D eigenvalue weighted by atomic mass is 10.2. The van der Waals surface area contributed by atoms with E-state index in [0.717, 1.165) is 34.6 Å². The fraction of sp³-hybridized carbons (Fsp3) is 0.545. The second-order valence-corrected chi connectivity index (χ2v) is 8.29. The van der Waals surface area contributed by atoms with Crippen molar-refractivity contribution in [2.75, 3.05) is 26.2 Å². The van der Waals surface area contributed by atoms with Gasteiger partial charge in [-0.2, -0.15) is 0 Å². The van der Waals surface area contributed by atoms with Crippen molar-refractivity contribution in [1.82, 2.24) is 10.2 Å². The van der Waals surface area contributed by atoms with Crippen LogP contribution < -0.4 is 5.32 Å². The van der Waals surface area contributed by atoms with Crippen molar-refractivity contribution in [1.29, 1.82) is 0 Å². The molecule has 1 aromatic heterocycles. The van der Waals surface area contributed by atoms with Crippen LogP contribution in [-0.4, -0.2) is 31.1 Å². The van der Waals surface area contributed by atoms with Crippen LogP contribution in [0.3, 0.4) is 0 Å². The summed E-state index contributed by atoms with van der Waals surface area (Å²) >= 11 is 9.74. The van der Waals surface area contributed by atoms with Crippen molar-refractivity contribution in [3.05, 3.63) is 45.6 Å². The lowest BCUT2D eigenvalue weighted by molar-refractivity contribution is 0.260. The summed E-state index contributed by atoms with van der Waals surface area (Å²) in [6.07, 6.45) is 6.30. The van der Waals surface area contributed by atoms with Gasteiger partial charge in [-0.25, -0.2) is 0 Å². The lowest BCUT2D eigenvalue weighted by Crippen LogP contribution is -2.29. The van der Waals surface area contributed by atoms with Crippen molar-refractivity contribution in [3.63, 3.8) is 0 Å². The second kappa shape index (κ2) is 16.5. The average molecular weight is 529 g/mol. The number of furan rings is 1. The molecule has 166 valence electrons. The van der Waals surface area contributed by atoms with Crippen LogP contribution in [0.15, 0.2) is 39.2 Å². The predicted molar refractivity (Wildman–Crippen MR) is 134 cm³/mol. The number of nitrogens with zero attached hydrogens (tertiary/aromatic N) is 1. The molecule has 0 saturated carbocycles. The maximum atomic E-state index is 6.31. The molecule has 7 heteroatoms. The molecular weight excluding hydrogens is 495 g/mol. The average Bonchev–Trinajstić information content (AvgIpc) is 3.11. The van der Waals surface area contributed by atoms with Gasteiger partial charge in [-0.05, 0) is 75.8 Å². The number of rotatable bonds is 13. The minimum Gasteiger partial charge on any atom is -0.460 e. The first-order valence-electron chi connectivity index (χ1n) is 10.1. The molecule has 0 saturated heterocycles. The highest BCUT2D eigenvalue weighted by molar-refractivity contribution is 9.10. The Hall–Kier alpha value is -0.230. The summed E-state index contributed by atoms with van der Waals surface area (Å²) in [5.74, 6) is 1.76. The molecule has 0 spiro atoms. The molecule has 29 heavy (non-hydrogen) atoms. The van der Waals surface area contributed by atoms with Crippen LogP contribution in [0, 0.1) is 0 Å². The van der Waals surface area contributed by atoms with Crippen LogP contribution in [-0.2, 0) is 6.54 Å². The molecular formula is C22H34BrCl3N2O. The second-order valence-electron chi connectivity index (χ2n) is 6.97. The molecule has 0 atom stereocenters. The first-order chi connectivity index (χ1) is 13.1. The van der Waals surface area contributed by atoms with Gasteiger partial charge in [-0.3, -0.25) is 0 Å². The van der Waals surface area contributed by atoms with Crippen molar-refractivity contribution in [3.8, 4) is 11.3 Å². The summed E-state index contributed by atoms with van der Waals surface area (Å²) < 4.78 is 6.92. The van der Waals surface area contributed by atoms with Crippen LogP contribution in [0.4, 0.5) is 0 Å². The van der Waals surface area contributed by atoms with Crippen LogP contribution >= 0.6 is 52.3 Å². The largest absolute Gasteiger partial charge is 0.460 e. The predicted octanol–water partition coefficient (Wildman–Crippen LogP) is 7.59. The van der Waals surface area contributed by atoms with Crippen LogP contribution in [0.5, 0.6) is 0 Å². The highest BCUT2D eigenvalue weighted by atomic mass is 79.9. The van der Waals surface area contributed by atoms with Crippen LogP contribution in [0.1, 0.15) is 51.7 Å². The van der Waals surface area contributed by atoms with E-state index in [-0.39, 0.29) is 24.8 Å². The van der Waals surface area contributed by atoms with Crippen molar-refractivity contribution in [2.24, 2.45) is 0 Å². The molecule has 0 aliphatic heterocycles. The molecule has 2 aromatic rings. The normalized spacial score (nSPS) is 10.7. The maximum absolute atomic E-state index is 6.31. The Labute approximate surface area is 201 Å². The zero-order chi connectivity index (χ0) is 19.5. The third-order valence-electron chi connectivity index (χ3n) is 4.64. The Balaban J connectivity index is 0.00000392. The first-order valence-corrected chi connectivity index (χ1v) is 11.3. The van der Waals surface area contributed by atoms with Gasteiger partial charge >= 0.3 is 0 Å². The van der Waals surface area contributed by atoms with Crippen molar-refractivity contribution in [2.45, 2.75) is 52.5 Å². The highest BCUT2D eigenvalue weighted by Crippen LogP contribution is 2.31. The molecule has 1 N–H and O–H groups in total. The van der Waals surface area contributed by atoms with E-state index in [1.165, 1.54) is 51.7 Å². The lowest BCUT2D eigenvalue weighted by Gasteiger charge is -2.21. The number of halogens is 4. The van der Waals surface area contributed by atoms with Crippen molar-refractivity contribution >= 4 is 52.3 Å². The minimum absolute atomic E-state index is 0. The smallest absolute Gasteiger partial charge is 0.135 e. The van der Waals surface area contributed by atoms with Crippen molar-refractivity contribution < 1.29 is 4.42 Å². The molecule has 0 aliphatic rings. The third-order valence-corrected chi connectivity index (χ3v) is 5.45. The zero-order valence-corrected chi connectivity index (χ0v) is 21.4. The van der Waals surface area contributed by atoms with Gasteiger partial charge in [0.05, 0.1) is 11.6 Å². The number of unbranched alkanes of at least 4 members (excludes halogenated alkanes) is 2. The maximum Gasteiger partial charge on any atom is 0.135 e. The number of nitrogens with one attached hydrogen (secondary N) is 1. The van der Waals surface area contributed by atoms with E-state index in [4.69, 9.17) is 16.0 Å². The molecule has 3 nitrogen and oxygen atoms in total. The SMILES string of the molecule is CCCCN(CCCC)CCCNCc1ccc(-c2ccc(Br)cc2Cl)o1.Cl.Cl. The highest BCUT2D eigenvalue weighted by Gasteiger charge is 2.09. The zero-order valence-electron chi connectivity index (χ0n) is 17.4. The van der Waals surface area contributed by atoms with Gasteiger partial charge < -0.3 is 14.6 Å². The van der Waals surface area contributed by atoms with Gasteiger partial charge in [-0.1, -0.05) is 54.2 Å². The van der Waals surface area contributed by atoms with Crippen LogP contribution in [0.2, 0.25) is 5.02 Å². The summed E-state index contributed by atoms with van der Waals surface area (Å²) in [6.45, 7) is 9.90. The summed E-state index contributed by atoms with van der Waals surface area (Å²) in [4.78, 5) is 2.61. The summed E-state index contributed by atoms with van der Waals surface area (Å²) in [7, 11) is 0. The molecule has 0 unspecified atom stereocenters. The Bertz CT molecular complexity index is 674. The molecule has 1 aromatic carbocycles. The van der Waals surface area contributed by atoms with E-state index in [2.05, 4.69) is 40.0 Å². The van der Waals surface area contributed by atoms with Gasteiger partial charge in [0, 0.05) is 10.0 Å². The number of hydrogen-bond acceptors (Lipinski definition) is 3. The first kappa shape index (κ1) is 28.8. The Morgan fingerprint density at radius 3 is 2.24 bits per heavy atom. The third kappa shape index (κ3) is 10.6. The molecule has 0 fully saturated rings. The minimum atomic E-state index is 0. The van der Waals surface area contributed by atoms with E-state index in [9.17, 15) is 0 Å². The quantitative estimate of drug-likeness (QED) is 0.272. The fourth-order valence-corrected chi connectivity index (χ4v) is 3.81. The van der Waals surface area contributed by atoms with E-state index in [0.29, 0.717) is 5.02 Å². The van der Waals surface area contributed by atoms with E-state index in [1.807, 2.05) is 30.3 Å². The Morgan fingerprint density at radius 2 is 1.62 bits per heavy atom. The monoisotopic (exact) mass is 526 g/mol. The molecule has 1 heterocycles.